The molecule has 0 spiro atoms. The van der Waals surface area contributed by atoms with Gasteiger partial charge in [-0.15, -0.1) is 0 Å². The van der Waals surface area contributed by atoms with Crippen LogP contribution in [0.4, 0.5) is 16.5 Å². The lowest BCUT2D eigenvalue weighted by Crippen LogP contribution is -2.46. The molecule has 0 radical (unpaired) electrons. The molecule has 21 heavy (non-hydrogen) atoms. The van der Waals surface area contributed by atoms with Crippen molar-refractivity contribution >= 4 is 28.0 Å². The molecule has 6 heteroatoms. The van der Waals surface area contributed by atoms with Crippen molar-refractivity contribution in [1.29, 1.82) is 0 Å². The summed E-state index contributed by atoms with van der Waals surface area (Å²) in [4.78, 5) is 9.30. The predicted molar refractivity (Wildman–Crippen MR) is 89.3 cm³/mol. The Bertz CT molecular complexity index is 602. The number of piperazine rings is 1. The first kappa shape index (κ1) is 14.1. The molecule has 1 fully saturated rings. The molecule has 0 amide bonds. The van der Waals surface area contributed by atoms with Gasteiger partial charge in [0.1, 0.15) is 5.82 Å². The summed E-state index contributed by atoms with van der Waals surface area (Å²) in [5.74, 6) is 1.34. The van der Waals surface area contributed by atoms with E-state index in [9.17, 15) is 0 Å². The lowest BCUT2D eigenvalue weighted by molar-refractivity contribution is 0.650. The molecular formula is C15H21N5S. The van der Waals surface area contributed by atoms with Gasteiger partial charge in [-0.05, 0) is 12.1 Å². The average molecular weight is 303 g/mol. The van der Waals surface area contributed by atoms with Gasteiger partial charge in [0.15, 0.2) is 0 Å². The summed E-state index contributed by atoms with van der Waals surface area (Å²) in [6, 6.07) is 8.07. The number of nitrogens with two attached hydrogens (primary N) is 1. The smallest absolute Gasteiger partial charge is 0.205 e. The number of para-hydroxylation sites is 2. The Kier molecular flexibility index (Phi) is 3.96. The zero-order chi connectivity index (χ0) is 14.8. The maximum absolute atomic E-state index is 6.06. The van der Waals surface area contributed by atoms with E-state index < -0.39 is 0 Å². The van der Waals surface area contributed by atoms with Crippen LogP contribution in [0.1, 0.15) is 25.6 Å². The number of benzene rings is 1. The molecule has 0 aliphatic carbocycles. The van der Waals surface area contributed by atoms with Crippen LogP contribution in [-0.2, 0) is 0 Å². The van der Waals surface area contributed by atoms with Gasteiger partial charge in [0, 0.05) is 43.6 Å². The van der Waals surface area contributed by atoms with Gasteiger partial charge in [-0.2, -0.15) is 4.37 Å². The van der Waals surface area contributed by atoms with Crippen molar-refractivity contribution in [2.24, 2.45) is 0 Å². The zero-order valence-corrected chi connectivity index (χ0v) is 13.3. The van der Waals surface area contributed by atoms with Gasteiger partial charge < -0.3 is 15.5 Å². The van der Waals surface area contributed by atoms with E-state index in [4.69, 9.17) is 5.73 Å². The van der Waals surface area contributed by atoms with Crippen LogP contribution in [0.15, 0.2) is 24.3 Å². The number of rotatable bonds is 3. The highest BCUT2D eigenvalue weighted by Crippen LogP contribution is 2.26. The molecule has 1 saturated heterocycles. The molecule has 2 N–H and O–H groups in total. The molecule has 1 aromatic carbocycles. The highest BCUT2D eigenvalue weighted by molar-refractivity contribution is 7.09. The van der Waals surface area contributed by atoms with Crippen LogP contribution in [-0.4, -0.2) is 35.5 Å². The summed E-state index contributed by atoms with van der Waals surface area (Å²) in [6.45, 7) is 8.10. The minimum atomic E-state index is 0.389. The van der Waals surface area contributed by atoms with Gasteiger partial charge in [0.05, 0.1) is 11.4 Å². The van der Waals surface area contributed by atoms with Crippen LogP contribution in [0.5, 0.6) is 0 Å². The molecule has 1 aromatic heterocycles. The Morgan fingerprint density at radius 3 is 2.38 bits per heavy atom. The third-order valence-corrected chi connectivity index (χ3v) is 4.57. The maximum atomic E-state index is 6.06. The van der Waals surface area contributed by atoms with Crippen LogP contribution in [0.25, 0.3) is 0 Å². The Balaban J connectivity index is 1.66. The standard InChI is InChI=1S/C15H21N5S/c1-11(2)14-17-15(21-18-14)20-9-7-19(8-10-20)13-6-4-3-5-12(13)16/h3-6,11H,7-10,16H2,1-2H3. The first-order valence-electron chi connectivity index (χ1n) is 7.33. The Morgan fingerprint density at radius 2 is 1.76 bits per heavy atom. The third kappa shape index (κ3) is 2.95. The molecule has 5 nitrogen and oxygen atoms in total. The van der Waals surface area contributed by atoms with Crippen molar-refractivity contribution in [3.05, 3.63) is 30.1 Å². The van der Waals surface area contributed by atoms with E-state index in [1.165, 1.54) is 11.5 Å². The molecule has 2 aromatic rings. The van der Waals surface area contributed by atoms with Crippen LogP contribution >= 0.6 is 11.5 Å². The molecule has 2 heterocycles. The van der Waals surface area contributed by atoms with E-state index in [1.807, 2.05) is 18.2 Å². The number of hydrogen-bond acceptors (Lipinski definition) is 6. The van der Waals surface area contributed by atoms with Gasteiger partial charge in [0.2, 0.25) is 5.13 Å². The summed E-state index contributed by atoms with van der Waals surface area (Å²) in [5.41, 5.74) is 8.05. The number of aromatic nitrogens is 2. The summed E-state index contributed by atoms with van der Waals surface area (Å²) in [5, 5.41) is 1.04. The molecule has 1 aliphatic heterocycles. The number of nitrogens with zero attached hydrogens (tertiary/aromatic N) is 4. The van der Waals surface area contributed by atoms with E-state index in [1.54, 1.807) is 0 Å². The first-order chi connectivity index (χ1) is 10.1. The predicted octanol–water partition coefficient (Wildman–Crippen LogP) is 2.57. The summed E-state index contributed by atoms with van der Waals surface area (Å²) >= 11 is 1.51. The fourth-order valence-electron chi connectivity index (χ4n) is 2.50. The van der Waals surface area contributed by atoms with Crippen molar-refractivity contribution in [3.8, 4) is 0 Å². The largest absolute Gasteiger partial charge is 0.397 e. The van der Waals surface area contributed by atoms with Crippen LogP contribution in [0.2, 0.25) is 0 Å². The van der Waals surface area contributed by atoms with Crippen LogP contribution in [0, 0.1) is 0 Å². The second-order valence-electron chi connectivity index (χ2n) is 5.62. The number of hydrogen-bond donors (Lipinski definition) is 1. The molecule has 0 saturated carbocycles. The molecule has 0 unspecified atom stereocenters. The monoisotopic (exact) mass is 303 g/mol. The van der Waals surface area contributed by atoms with Crippen molar-refractivity contribution in [1.82, 2.24) is 9.36 Å². The van der Waals surface area contributed by atoms with Crippen LogP contribution < -0.4 is 15.5 Å². The highest BCUT2D eigenvalue weighted by atomic mass is 32.1. The van der Waals surface area contributed by atoms with Crippen molar-refractivity contribution in [3.63, 3.8) is 0 Å². The zero-order valence-electron chi connectivity index (χ0n) is 12.5. The normalized spacial score (nSPS) is 15.8. The van der Waals surface area contributed by atoms with Gasteiger partial charge in [-0.25, -0.2) is 4.98 Å². The van der Waals surface area contributed by atoms with Gasteiger partial charge in [-0.3, -0.25) is 0 Å². The summed E-state index contributed by atoms with van der Waals surface area (Å²) in [7, 11) is 0. The Hall–Kier alpha value is -1.82. The van der Waals surface area contributed by atoms with E-state index >= 15 is 0 Å². The SMILES string of the molecule is CC(C)c1nsc(N2CCN(c3ccccc3N)CC2)n1. The molecular weight excluding hydrogens is 282 g/mol. The minimum Gasteiger partial charge on any atom is -0.397 e. The van der Waals surface area contributed by atoms with Crippen LogP contribution in [0.3, 0.4) is 0 Å². The van der Waals surface area contributed by atoms with Gasteiger partial charge in [0.25, 0.3) is 0 Å². The maximum Gasteiger partial charge on any atom is 0.205 e. The fraction of sp³-hybridized carbons (Fsp3) is 0.467. The van der Waals surface area contributed by atoms with Gasteiger partial charge in [-0.1, -0.05) is 26.0 Å². The number of anilines is 3. The first-order valence-corrected chi connectivity index (χ1v) is 8.10. The Morgan fingerprint density at radius 1 is 1.10 bits per heavy atom. The quantitative estimate of drug-likeness (QED) is 0.883. The minimum absolute atomic E-state index is 0.389. The lowest BCUT2D eigenvalue weighted by Gasteiger charge is -2.36. The molecule has 1 aliphatic rings. The van der Waals surface area contributed by atoms with Crippen molar-refractivity contribution < 1.29 is 0 Å². The van der Waals surface area contributed by atoms with Gasteiger partial charge >= 0.3 is 0 Å². The topological polar surface area (TPSA) is 58.3 Å². The second-order valence-corrected chi connectivity index (χ2v) is 6.35. The lowest BCUT2D eigenvalue weighted by atomic mass is 10.2. The highest BCUT2D eigenvalue weighted by Gasteiger charge is 2.21. The van der Waals surface area contributed by atoms with E-state index in [0.717, 1.165) is 48.5 Å². The van der Waals surface area contributed by atoms with Crippen molar-refractivity contribution in [2.45, 2.75) is 19.8 Å². The average Bonchev–Trinajstić information content (AvgIpc) is 2.98. The van der Waals surface area contributed by atoms with Crippen molar-refractivity contribution in [2.75, 3.05) is 41.7 Å². The molecule has 0 bridgehead atoms. The molecule has 0 atom stereocenters. The fourth-order valence-corrected chi connectivity index (χ4v) is 3.36. The summed E-state index contributed by atoms with van der Waals surface area (Å²) < 4.78 is 4.44. The molecule has 3 rings (SSSR count). The second kappa shape index (κ2) is 5.89. The summed E-state index contributed by atoms with van der Waals surface area (Å²) in [6.07, 6.45) is 0. The Labute approximate surface area is 129 Å². The third-order valence-electron chi connectivity index (χ3n) is 3.78. The van der Waals surface area contributed by atoms with E-state index in [2.05, 4.69) is 39.1 Å². The van der Waals surface area contributed by atoms with E-state index in [0.29, 0.717) is 5.92 Å². The number of nitrogen functional groups attached to an aromatic ring is 1. The molecule has 112 valence electrons. The van der Waals surface area contributed by atoms with E-state index in [-0.39, 0.29) is 0 Å².